The van der Waals surface area contributed by atoms with Crippen molar-refractivity contribution < 1.29 is 9.18 Å². The molecule has 0 aliphatic carbocycles. The molecule has 1 amide bonds. The number of anilines is 1. The Morgan fingerprint density at radius 2 is 1.86 bits per heavy atom. The minimum absolute atomic E-state index is 0.0650. The number of carbonyl (C=O) groups excluding carboxylic acids is 1. The summed E-state index contributed by atoms with van der Waals surface area (Å²) in [4.78, 5) is 24.0. The van der Waals surface area contributed by atoms with Crippen LogP contribution in [0.4, 0.5) is 9.52 Å². The third-order valence-corrected chi connectivity index (χ3v) is 6.47. The molecular formula is C21H27FN4OS. The minimum atomic E-state index is -0.292. The van der Waals surface area contributed by atoms with Gasteiger partial charge in [-0.05, 0) is 43.6 Å². The maximum atomic E-state index is 13.3. The fourth-order valence-corrected chi connectivity index (χ4v) is 4.81. The number of thiazole rings is 1. The van der Waals surface area contributed by atoms with Crippen molar-refractivity contribution in [3.8, 4) is 0 Å². The van der Waals surface area contributed by atoms with E-state index in [1.165, 1.54) is 44.5 Å². The summed E-state index contributed by atoms with van der Waals surface area (Å²) in [7, 11) is 0. The van der Waals surface area contributed by atoms with Gasteiger partial charge in [0.1, 0.15) is 5.82 Å². The first-order valence-corrected chi connectivity index (χ1v) is 11.0. The minimum Gasteiger partial charge on any atom is -0.345 e. The van der Waals surface area contributed by atoms with Crippen LogP contribution >= 0.6 is 11.3 Å². The van der Waals surface area contributed by atoms with Crippen molar-refractivity contribution in [1.29, 1.82) is 0 Å². The molecule has 3 heterocycles. The molecular weight excluding hydrogens is 375 g/mol. The highest BCUT2D eigenvalue weighted by Gasteiger charge is 2.23. The lowest BCUT2D eigenvalue weighted by molar-refractivity contribution is -0.130. The Balaban J connectivity index is 1.27. The highest BCUT2D eigenvalue weighted by atomic mass is 32.1. The van der Waals surface area contributed by atoms with Gasteiger partial charge in [-0.1, -0.05) is 18.6 Å². The number of piperazine rings is 1. The van der Waals surface area contributed by atoms with Gasteiger partial charge < -0.3 is 9.80 Å². The summed E-state index contributed by atoms with van der Waals surface area (Å²) in [5.41, 5.74) is 1.89. The Kier molecular flexibility index (Phi) is 6.22. The second-order valence-electron chi connectivity index (χ2n) is 7.63. The number of carbonyl (C=O) groups is 1. The molecule has 0 saturated carbocycles. The van der Waals surface area contributed by atoms with E-state index in [-0.39, 0.29) is 18.1 Å². The smallest absolute Gasteiger partial charge is 0.227 e. The first-order chi connectivity index (χ1) is 13.7. The van der Waals surface area contributed by atoms with Crippen molar-refractivity contribution in [2.24, 2.45) is 0 Å². The monoisotopic (exact) mass is 402 g/mol. The number of hydrogen-bond acceptors (Lipinski definition) is 5. The molecule has 0 N–H and O–H groups in total. The molecule has 2 saturated heterocycles. The summed E-state index contributed by atoms with van der Waals surface area (Å²) in [6, 6.07) is 6.30. The summed E-state index contributed by atoms with van der Waals surface area (Å²) >= 11 is 1.70. The SMILES string of the molecule is O=C(Cc1cccc(F)c1)N1CCN(c2nc(CN3CCCCC3)cs2)CC1. The topological polar surface area (TPSA) is 39.7 Å². The van der Waals surface area contributed by atoms with Crippen LogP contribution in [0.3, 0.4) is 0 Å². The number of piperidine rings is 1. The van der Waals surface area contributed by atoms with Gasteiger partial charge in [-0.15, -0.1) is 11.3 Å². The Labute approximate surface area is 169 Å². The van der Waals surface area contributed by atoms with E-state index in [1.54, 1.807) is 23.5 Å². The Bertz CT molecular complexity index is 797. The van der Waals surface area contributed by atoms with Gasteiger partial charge in [0, 0.05) is 38.1 Å². The third kappa shape index (κ3) is 4.89. The molecule has 0 bridgehead atoms. The van der Waals surface area contributed by atoms with Crippen molar-refractivity contribution >= 4 is 22.4 Å². The van der Waals surface area contributed by atoms with Gasteiger partial charge in [0.25, 0.3) is 0 Å². The van der Waals surface area contributed by atoms with E-state index < -0.39 is 0 Å². The highest BCUT2D eigenvalue weighted by Crippen LogP contribution is 2.23. The van der Waals surface area contributed by atoms with Gasteiger partial charge in [0.15, 0.2) is 5.13 Å². The molecule has 0 radical (unpaired) electrons. The second-order valence-corrected chi connectivity index (χ2v) is 8.47. The predicted molar refractivity (Wildman–Crippen MR) is 110 cm³/mol. The number of benzene rings is 1. The lowest BCUT2D eigenvalue weighted by Crippen LogP contribution is -2.49. The fourth-order valence-electron chi connectivity index (χ4n) is 3.94. The lowest BCUT2D eigenvalue weighted by Gasteiger charge is -2.34. The van der Waals surface area contributed by atoms with Gasteiger partial charge in [-0.25, -0.2) is 9.37 Å². The number of aromatic nitrogens is 1. The number of nitrogens with zero attached hydrogens (tertiary/aromatic N) is 4. The zero-order chi connectivity index (χ0) is 19.3. The Morgan fingerprint density at radius 1 is 1.07 bits per heavy atom. The number of amides is 1. The summed E-state index contributed by atoms with van der Waals surface area (Å²) in [5.74, 6) is -0.227. The Morgan fingerprint density at radius 3 is 2.61 bits per heavy atom. The fraction of sp³-hybridized carbons (Fsp3) is 0.524. The normalized spacial score (nSPS) is 18.5. The molecule has 28 heavy (non-hydrogen) atoms. The van der Waals surface area contributed by atoms with Crippen molar-refractivity contribution in [2.75, 3.05) is 44.2 Å². The van der Waals surface area contributed by atoms with Gasteiger partial charge >= 0.3 is 0 Å². The van der Waals surface area contributed by atoms with Crippen LogP contribution in [0.5, 0.6) is 0 Å². The third-order valence-electron chi connectivity index (χ3n) is 5.52. The molecule has 150 valence electrons. The van der Waals surface area contributed by atoms with Crippen molar-refractivity contribution in [3.63, 3.8) is 0 Å². The molecule has 0 spiro atoms. The van der Waals surface area contributed by atoms with Crippen LogP contribution in [0.15, 0.2) is 29.6 Å². The number of rotatable bonds is 5. The molecule has 1 aromatic carbocycles. The van der Waals surface area contributed by atoms with Crippen LogP contribution in [0.25, 0.3) is 0 Å². The van der Waals surface area contributed by atoms with E-state index in [4.69, 9.17) is 4.98 Å². The van der Waals surface area contributed by atoms with E-state index in [0.29, 0.717) is 13.1 Å². The molecule has 1 aromatic heterocycles. The maximum Gasteiger partial charge on any atom is 0.227 e. The molecule has 2 aliphatic rings. The number of hydrogen-bond donors (Lipinski definition) is 0. The quantitative estimate of drug-likeness (QED) is 0.770. The van der Waals surface area contributed by atoms with Gasteiger partial charge in [0.05, 0.1) is 12.1 Å². The first kappa shape index (κ1) is 19.3. The number of halogens is 1. The van der Waals surface area contributed by atoms with E-state index in [9.17, 15) is 9.18 Å². The van der Waals surface area contributed by atoms with E-state index in [2.05, 4.69) is 15.2 Å². The van der Waals surface area contributed by atoms with E-state index in [0.717, 1.165) is 36.0 Å². The van der Waals surface area contributed by atoms with Gasteiger partial charge in [-0.3, -0.25) is 9.69 Å². The first-order valence-electron chi connectivity index (χ1n) is 10.1. The van der Waals surface area contributed by atoms with Crippen molar-refractivity contribution in [2.45, 2.75) is 32.2 Å². The van der Waals surface area contributed by atoms with Crippen LogP contribution in [-0.4, -0.2) is 60.0 Å². The van der Waals surface area contributed by atoms with E-state index in [1.807, 2.05) is 4.90 Å². The van der Waals surface area contributed by atoms with Crippen LogP contribution < -0.4 is 4.90 Å². The zero-order valence-corrected chi connectivity index (χ0v) is 17.0. The molecule has 0 unspecified atom stereocenters. The van der Waals surface area contributed by atoms with Gasteiger partial charge in [0.2, 0.25) is 5.91 Å². The Hall–Kier alpha value is -1.99. The lowest BCUT2D eigenvalue weighted by atomic mass is 10.1. The van der Waals surface area contributed by atoms with Crippen LogP contribution in [0.1, 0.15) is 30.5 Å². The average Bonchev–Trinajstić information content (AvgIpc) is 3.17. The summed E-state index contributed by atoms with van der Waals surface area (Å²) < 4.78 is 13.3. The largest absolute Gasteiger partial charge is 0.345 e. The van der Waals surface area contributed by atoms with E-state index >= 15 is 0 Å². The molecule has 0 atom stereocenters. The van der Waals surface area contributed by atoms with Crippen LogP contribution in [-0.2, 0) is 17.8 Å². The van der Waals surface area contributed by atoms with Crippen molar-refractivity contribution in [3.05, 3.63) is 46.7 Å². The summed E-state index contributed by atoms with van der Waals surface area (Å²) in [6.07, 6.45) is 4.20. The molecule has 2 aliphatic heterocycles. The predicted octanol–water partition coefficient (Wildman–Crippen LogP) is 3.16. The molecule has 5 nitrogen and oxygen atoms in total. The van der Waals surface area contributed by atoms with Crippen LogP contribution in [0.2, 0.25) is 0 Å². The molecule has 4 rings (SSSR count). The van der Waals surface area contributed by atoms with Gasteiger partial charge in [-0.2, -0.15) is 0 Å². The maximum absolute atomic E-state index is 13.3. The van der Waals surface area contributed by atoms with Crippen LogP contribution in [0, 0.1) is 5.82 Å². The standard InChI is InChI=1S/C21H27FN4OS/c22-18-6-4-5-17(13-18)14-20(27)25-9-11-26(12-10-25)21-23-19(16-28-21)15-24-7-2-1-3-8-24/h4-6,13,16H,1-3,7-12,14-15H2. The highest BCUT2D eigenvalue weighted by molar-refractivity contribution is 7.13. The summed E-state index contributed by atoms with van der Waals surface area (Å²) in [6.45, 7) is 6.28. The molecule has 2 aromatic rings. The molecule has 2 fully saturated rings. The second kappa shape index (κ2) is 9.01. The number of likely N-dealkylation sites (tertiary alicyclic amines) is 1. The average molecular weight is 403 g/mol. The van der Waals surface area contributed by atoms with Crippen molar-refractivity contribution in [1.82, 2.24) is 14.8 Å². The summed E-state index contributed by atoms with van der Waals surface area (Å²) in [5, 5.41) is 3.23. The zero-order valence-electron chi connectivity index (χ0n) is 16.1. The molecule has 7 heteroatoms.